The van der Waals surface area contributed by atoms with Gasteiger partial charge in [-0.25, -0.2) is 0 Å². The van der Waals surface area contributed by atoms with E-state index in [2.05, 4.69) is 43.5 Å². The number of rotatable bonds is 70. The number of amides is 1. The van der Waals surface area contributed by atoms with Gasteiger partial charge in [-0.15, -0.1) is 0 Å². The quantitative estimate of drug-likeness (QED) is 0.0199. The van der Waals surface area contributed by atoms with E-state index in [1.54, 1.807) is 6.08 Å². The Morgan fingerprint density at radius 3 is 0.962 bits per heavy atom. The van der Waals surface area contributed by atoms with Gasteiger partial charge in [0.25, 0.3) is 0 Å². The third-order valence-corrected chi connectivity index (χ3v) is 21.7. The maximum absolute atomic E-state index is 13.5. The molecule has 17 atom stereocenters. The van der Waals surface area contributed by atoms with Crippen LogP contribution in [0.5, 0.6) is 0 Å². The van der Waals surface area contributed by atoms with E-state index in [0.29, 0.717) is 12.8 Å². The zero-order valence-electron chi connectivity index (χ0n) is 65.8. The number of aliphatic hydroxyl groups is 11. The van der Waals surface area contributed by atoms with Crippen molar-refractivity contribution in [3.63, 3.8) is 0 Å². The molecule has 3 heterocycles. The van der Waals surface area contributed by atoms with Crippen LogP contribution >= 0.6 is 0 Å². The average molecular weight is 1480 g/mol. The molecular weight excluding hydrogens is 1320 g/mol. The van der Waals surface area contributed by atoms with Crippen molar-refractivity contribution < 1.29 is 89.4 Å². The lowest BCUT2D eigenvalue weighted by molar-refractivity contribution is -0.379. The molecule has 3 fully saturated rings. The summed E-state index contributed by atoms with van der Waals surface area (Å²) in [6, 6.07) is -0.996. The summed E-state index contributed by atoms with van der Waals surface area (Å²) in [5.74, 6) is -0.282. The van der Waals surface area contributed by atoms with Crippen molar-refractivity contribution in [3.05, 3.63) is 36.5 Å². The molecule has 0 saturated carbocycles. The normalized spacial score (nSPS) is 26.0. The molecule has 0 aromatic carbocycles. The highest BCUT2D eigenvalue weighted by Crippen LogP contribution is 2.33. The van der Waals surface area contributed by atoms with Crippen molar-refractivity contribution in [2.45, 2.75) is 471 Å². The lowest BCUT2D eigenvalue weighted by atomic mass is 9.96. The highest BCUT2D eigenvalue weighted by atomic mass is 16.8. The first-order valence-electron chi connectivity index (χ1n) is 43.2. The van der Waals surface area contributed by atoms with E-state index in [9.17, 15) is 61.0 Å². The molecule has 19 heteroatoms. The van der Waals surface area contributed by atoms with Crippen molar-refractivity contribution in [1.82, 2.24) is 5.32 Å². The van der Waals surface area contributed by atoms with Crippen LogP contribution in [0.15, 0.2) is 36.5 Å². The third-order valence-electron chi connectivity index (χ3n) is 21.7. The Kier molecular flexibility index (Phi) is 60.8. The van der Waals surface area contributed by atoms with Crippen molar-refractivity contribution >= 4 is 5.91 Å². The van der Waals surface area contributed by atoms with Gasteiger partial charge in [-0.05, 0) is 44.9 Å². The van der Waals surface area contributed by atoms with Gasteiger partial charge in [0.15, 0.2) is 18.9 Å². The molecule has 0 bridgehead atoms. The molecule has 3 rings (SSSR count). The van der Waals surface area contributed by atoms with E-state index in [1.165, 1.54) is 289 Å². The Morgan fingerprint density at radius 1 is 0.337 bits per heavy atom. The number of nitrogens with one attached hydrogen (secondary N) is 1. The number of hydrogen-bond acceptors (Lipinski definition) is 18. The predicted molar refractivity (Wildman–Crippen MR) is 416 cm³/mol. The summed E-state index contributed by atoms with van der Waals surface area (Å²) in [6.45, 7) is 1.77. The van der Waals surface area contributed by atoms with Crippen molar-refractivity contribution in [2.24, 2.45) is 0 Å². The van der Waals surface area contributed by atoms with Gasteiger partial charge < -0.3 is 89.9 Å². The van der Waals surface area contributed by atoms with Crippen LogP contribution in [-0.2, 0) is 33.2 Å². The summed E-state index contributed by atoms with van der Waals surface area (Å²) in [6.07, 6.45) is 55.9. The zero-order chi connectivity index (χ0) is 75.3. The van der Waals surface area contributed by atoms with Crippen LogP contribution in [0.1, 0.15) is 367 Å². The fourth-order valence-electron chi connectivity index (χ4n) is 14.8. The molecule has 3 aliphatic heterocycles. The van der Waals surface area contributed by atoms with Crippen LogP contribution in [0.2, 0.25) is 0 Å². The van der Waals surface area contributed by atoms with Crippen LogP contribution in [-0.4, -0.2) is 193 Å². The maximum atomic E-state index is 13.5. The van der Waals surface area contributed by atoms with Crippen LogP contribution in [0.25, 0.3) is 0 Å². The first-order chi connectivity index (χ1) is 50.8. The molecule has 0 spiro atoms. The lowest BCUT2D eigenvalue weighted by Gasteiger charge is -2.48. The Labute approximate surface area is 631 Å². The van der Waals surface area contributed by atoms with Crippen molar-refractivity contribution in [1.29, 1.82) is 0 Å². The van der Waals surface area contributed by atoms with Crippen LogP contribution < -0.4 is 5.32 Å². The number of carbonyl (C=O) groups excluding carboxylic acids is 1. The van der Waals surface area contributed by atoms with Gasteiger partial charge in [-0.2, -0.15) is 0 Å². The Hall–Kier alpha value is -1.99. The van der Waals surface area contributed by atoms with Crippen molar-refractivity contribution in [3.8, 4) is 0 Å². The van der Waals surface area contributed by atoms with Crippen LogP contribution in [0, 0.1) is 0 Å². The summed E-state index contributed by atoms with van der Waals surface area (Å²) in [5, 5.41) is 121. The fourth-order valence-corrected chi connectivity index (χ4v) is 14.8. The highest BCUT2D eigenvalue weighted by molar-refractivity contribution is 5.76. The van der Waals surface area contributed by atoms with Gasteiger partial charge in [0.1, 0.15) is 73.2 Å². The molecule has 3 saturated heterocycles. The summed E-state index contributed by atoms with van der Waals surface area (Å²) in [7, 11) is 0. The van der Waals surface area contributed by atoms with E-state index < -0.39 is 124 Å². The molecule has 0 aromatic heterocycles. The largest absolute Gasteiger partial charge is 0.394 e. The SMILES string of the molecule is CCCCCCCCCCCCCCCCC/C=C/CC/C=C/CC/C=C/C(O)C(COC1OC(CO)C(OC2OC(CO)C(OC3OC(CO)C(O)C(O)C3O)C(O)C2O)C(O)C1O)NC(=O)CCCCCCCCCCCCCCCCCCCCCCCCCCCCCCCCCCCC. The number of carbonyl (C=O) groups is 1. The smallest absolute Gasteiger partial charge is 0.220 e. The predicted octanol–water partition coefficient (Wildman–Crippen LogP) is 15.5. The molecule has 0 aromatic rings. The van der Waals surface area contributed by atoms with E-state index in [1.807, 2.05) is 6.08 Å². The molecule has 19 nitrogen and oxygen atoms in total. The second-order valence-electron chi connectivity index (χ2n) is 31.0. The van der Waals surface area contributed by atoms with Gasteiger partial charge >= 0.3 is 0 Å². The molecule has 1 amide bonds. The van der Waals surface area contributed by atoms with Gasteiger partial charge in [-0.1, -0.05) is 352 Å². The standard InChI is InChI=1S/C85H159NO18/c1-3-5-7-9-11-13-15-17-19-21-23-25-27-29-30-31-32-33-34-35-36-37-39-41-43-45-47-49-51-53-55-57-59-61-63-73(91)86-68(69(90)62-60-58-56-54-52-50-48-46-44-42-40-38-28-26-24-22-20-18-16-14-12-10-8-6-4-2)67-99-83-79(97)76(94)81(71(65-88)101-83)104-85-80(98)77(95)82(72(66-89)102-85)103-84-78(96)75(93)74(92)70(64-87)100-84/h44,46,52,54,60,62,68-72,74-85,87-90,92-98H,3-43,45,47-51,53,55-59,61,63-67H2,1-2H3,(H,86,91)/b46-44+,54-52+,62-60+. The van der Waals surface area contributed by atoms with E-state index in [-0.39, 0.29) is 18.9 Å². The first-order valence-corrected chi connectivity index (χ1v) is 43.2. The summed E-state index contributed by atoms with van der Waals surface area (Å²) in [5.41, 5.74) is 0. The zero-order valence-corrected chi connectivity index (χ0v) is 65.8. The van der Waals surface area contributed by atoms with Gasteiger partial charge in [0, 0.05) is 6.42 Å². The van der Waals surface area contributed by atoms with Crippen LogP contribution in [0.4, 0.5) is 0 Å². The molecule has 612 valence electrons. The topological polar surface area (TPSA) is 307 Å². The molecular formula is C85H159NO18. The number of unbranched alkanes of at least 4 members (excludes halogenated alkanes) is 50. The monoisotopic (exact) mass is 1480 g/mol. The third kappa shape index (κ3) is 44.8. The average Bonchev–Trinajstić information content (AvgIpc) is 0.783. The van der Waals surface area contributed by atoms with Gasteiger partial charge in [0.05, 0.1) is 38.6 Å². The summed E-state index contributed by atoms with van der Waals surface area (Å²) >= 11 is 0. The second-order valence-corrected chi connectivity index (χ2v) is 31.0. The minimum atomic E-state index is -1.98. The highest BCUT2D eigenvalue weighted by Gasteiger charge is 2.54. The number of allylic oxidation sites excluding steroid dienone is 5. The van der Waals surface area contributed by atoms with E-state index in [4.69, 9.17) is 28.4 Å². The molecule has 0 radical (unpaired) electrons. The Balaban J connectivity index is 1.35. The summed E-state index contributed by atoms with van der Waals surface area (Å²) in [4.78, 5) is 13.5. The molecule has 12 N–H and O–H groups in total. The van der Waals surface area contributed by atoms with E-state index in [0.717, 1.165) is 44.9 Å². The summed E-state index contributed by atoms with van der Waals surface area (Å²) < 4.78 is 34.5. The first kappa shape index (κ1) is 96.2. The lowest BCUT2D eigenvalue weighted by Crippen LogP contribution is -2.66. The maximum Gasteiger partial charge on any atom is 0.220 e. The number of aliphatic hydroxyl groups excluding tert-OH is 11. The fraction of sp³-hybridized carbons (Fsp3) is 0.918. The molecule has 17 unspecified atom stereocenters. The molecule has 3 aliphatic rings. The second kappa shape index (κ2) is 65.7. The Morgan fingerprint density at radius 2 is 0.615 bits per heavy atom. The number of hydrogen-bond donors (Lipinski definition) is 12. The van der Waals surface area contributed by atoms with Crippen LogP contribution in [0.3, 0.4) is 0 Å². The molecule has 0 aliphatic carbocycles. The molecule has 104 heavy (non-hydrogen) atoms. The Bertz CT molecular complexity index is 2020. The van der Waals surface area contributed by atoms with Gasteiger partial charge in [0.2, 0.25) is 5.91 Å². The minimum absolute atomic E-state index is 0.237. The van der Waals surface area contributed by atoms with E-state index >= 15 is 0 Å². The van der Waals surface area contributed by atoms with Crippen molar-refractivity contribution in [2.75, 3.05) is 26.4 Å². The van der Waals surface area contributed by atoms with Gasteiger partial charge in [-0.3, -0.25) is 4.79 Å². The minimum Gasteiger partial charge on any atom is -0.394 e. The number of ether oxygens (including phenoxy) is 6.